The Morgan fingerprint density at radius 1 is 0.920 bits per heavy atom. The van der Waals surface area contributed by atoms with Crippen LogP contribution in [0, 0.1) is 17.3 Å². The van der Waals surface area contributed by atoms with Crippen molar-refractivity contribution in [1.29, 1.82) is 0 Å². The van der Waals surface area contributed by atoms with Gasteiger partial charge in [-0.05, 0) is 42.8 Å². The summed E-state index contributed by atoms with van der Waals surface area (Å²) in [4.78, 5) is 0. The van der Waals surface area contributed by atoms with E-state index in [1.54, 1.807) is 0 Å². The zero-order valence-corrected chi connectivity index (χ0v) is 15.1. The molecule has 0 radical (unpaired) electrons. The molecule has 0 saturated heterocycles. The number of ether oxygens (including phenoxy) is 3. The molecular weight excluding hydrogens is 312 g/mol. The fourth-order valence-corrected chi connectivity index (χ4v) is 2.45. The summed E-state index contributed by atoms with van der Waals surface area (Å²) in [6.45, 7) is 8.92. The summed E-state index contributed by atoms with van der Waals surface area (Å²) in [5.41, 5.74) is 3.06. The van der Waals surface area contributed by atoms with Crippen LogP contribution in [0.2, 0.25) is 0 Å². The highest BCUT2D eigenvalue weighted by molar-refractivity contribution is 5.51. The molecule has 0 unspecified atom stereocenters. The maximum absolute atomic E-state index is 5.90. The molecule has 130 valence electrons. The lowest BCUT2D eigenvalue weighted by Gasteiger charge is -2.19. The van der Waals surface area contributed by atoms with Gasteiger partial charge in [0.25, 0.3) is 0 Å². The quantitative estimate of drug-likeness (QED) is 0.777. The third-order valence-corrected chi connectivity index (χ3v) is 3.96. The van der Waals surface area contributed by atoms with Crippen molar-refractivity contribution in [2.75, 3.05) is 19.8 Å². The zero-order chi connectivity index (χ0) is 17.7. The highest BCUT2D eigenvalue weighted by Crippen LogP contribution is 2.34. The molecule has 3 rings (SSSR count). The maximum atomic E-state index is 5.90. The van der Waals surface area contributed by atoms with E-state index in [0.29, 0.717) is 19.8 Å². The van der Waals surface area contributed by atoms with Gasteiger partial charge >= 0.3 is 0 Å². The molecule has 0 bridgehead atoms. The third kappa shape index (κ3) is 4.78. The van der Waals surface area contributed by atoms with E-state index in [9.17, 15) is 0 Å². The fraction of sp³-hybridized carbons (Fsp3) is 0.364. The van der Waals surface area contributed by atoms with Gasteiger partial charge in [-0.1, -0.05) is 37.8 Å². The van der Waals surface area contributed by atoms with Crippen molar-refractivity contribution in [2.45, 2.75) is 27.4 Å². The Balaban J connectivity index is 1.72. The number of fused-ring (bicyclic) bond motifs is 1. The molecule has 1 aliphatic heterocycles. The summed E-state index contributed by atoms with van der Waals surface area (Å²) in [6.07, 6.45) is 0. The molecule has 0 spiro atoms. The Labute approximate surface area is 149 Å². The van der Waals surface area contributed by atoms with Gasteiger partial charge in [0, 0.05) is 23.1 Å². The van der Waals surface area contributed by atoms with Crippen LogP contribution in [0.5, 0.6) is 11.5 Å². The second-order valence-corrected chi connectivity index (χ2v) is 6.99. The first-order valence-corrected chi connectivity index (χ1v) is 8.64. The van der Waals surface area contributed by atoms with Gasteiger partial charge in [-0.2, -0.15) is 0 Å². The van der Waals surface area contributed by atoms with Crippen LogP contribution in [0.1, 0.15) is 37.5 Å². The summed E-state index contributed by atoms with van der Waals surface area (Å²) < 4.78 is 17.1. The van der Waals surface area contributed by atoms with Gasteiger partial charge < -0.3 is 14.2 Å². The lowest BCUT2D eigenvalue weighted by atomic mass is 9.97. The molecule has 3 nitrogen and oxygen atoms in total. The third-order valence-electron chi connectivity index (χ3n) is 3.96. The molecule has 1 heterocycles. The molecule has 0 atom stereocenters. The lowest BCUT2D eigenvalue weighted by Crippen LogP contribution is -2.26. The summed E-state index contributed by atoms with van der Waals surface area (Å²) in [7, 11) is 0. The summed E-state index contributed by atoms with van der Waals surface area (Å²) in [5, 5.41) is 0. The first kappa shape index (κ1) is 17.4. The van der Waals surface area contributed by atoms with Crippen molar-refractivity contribution in [3.05, 3.63) is 59.2 Å². The average molecular weight is 336 g/mol. The first-order valence-electron chi connectivity index (χ1n) is 8.64. The van der Waals surface area contributed by atoms with Crippen LogP contribution < -0.4 is 9.47 Å². The minimum absolute atomic E-state index is 0.00803. The van der Waals surface area contributed by atoms with Gasteiger partial charge in [-0.3, -0.25) is 0 Å². The van der Waals surface area contributed by atoms with Crippen LogP contribution in [0.15, 0.2) is 42.5 Å². The van der Waals surface area contributed by atoms with Gasteiger partial charge in [0.1, 0.15) is 0 Å². The Kier molecular flexibility index (Phi) is 5.31. The number of rotatable bonds is 3. The predicted octanol–water partition coefficient (Wildman–Crippen LogP) is 4.42. The lowest BCUT2D eigenvalue weighted by molar-refractivity contribution is 0.134. The molecule has 3 heteroatoms. The van der Waals surface area contributed by atoms with Crippen LogP contribution in [0.3, 0.4) is 0 Å². The summed E-state index contributed by atoms with van der Waals surface area (Å²) in [6, 6.07) is 14.0. The van der Waals surface area contributed by atoms with Gasteiger partial charge in [0.15, 0.2) is 11.5 Å². The molecule has 0 aromatic heterocycles. The second kappa shape index (κ2) is 7.63. The normalized spacial score (nSPS) is 15.0. The molecule has 25 heavy (non-hydrogen) atoms. The van der Waals surface area contributed by atoms with E-state index in [1.807, 2.05) is 37.3 Å². The van der Waals surface area contributed by atoms with E-state index in [2.05, 4.69) is 37.8 Å². The minimum atomic E-state index is 0.00803. The van der Waals surface area contributed by atoms with Crippen molar-refractivity contribution < 1.29 is 14.2 Å². The molecular formula is C22H24O3. The van der Waals surface area contributed by atoms with Crippen LogP contribution in [-0.2, 0) is 11.3 Å². The van der Waals surface area contributed by atoms with E-state index >= 15 is 0 Å². The minimum Gasteiger partial charge on any atom is -0.489 e. The van der Waals surface area contributed by atoms with E-state index in [0.717, 1.165) is 34.8 Å². The molecule has 0 saturated carbocycles. The summed E-state index contributed by atoms with van der Waals surface area (Å²) >= 11 is 0. The Morgan fingerprint density at radius 2 is 1.56 bits per heavy atom. The molecule has 0 N–H and O–H groups in total. The first-order chi connectivity index (χ1) is 12.1. The average Bonchev–Trinajstić information content (AvgIpc) is 2.77. The number of hydrogen-bond acceptors (Lipinski definition) is 3. The topological polar surface area (TPSA) is 27.7 Å². The van der Waals surface area contributed by atoms with E-state index in [4.69, 9.17) is 14.2 Å². The molecule has 0 amide bonds. The van der Waals surface area contributed by atoms with Crippen molar-refractivity contribution in [3.63, 3.8) is 0 Å². The van der Waals surface area contributed by atoms with Crippen molar-refractivity contribution in [1.82, 2.24) is 0 Å². The largest absolute Gasteiger partial charge is 0.489 e. The van der Waals surface area contributed by atoms with Crippen LogP contribution in [-0.4, -0.2) is 19.8 Å². The summed E-state index contributed by atoms with van der Waals surface area (Å²) in [5.74, 6) is 7.95. The van der Waals surface area contributed by atoms with E-state index in [-0.39, 0.29) is 5.41 Å². The van der Waals surface area contributed by atoms with Crippen LogP contribution in [0.4, 0.5) is 0 Å². The highest BCUT2D eigenvalue weighted by atomic mass is 16.5. The molecule has 0 aliphatic carbocycles. The Hall–Kier alpha value is -2.44. The fourth-order valence-electron chi connectivity index (χ4n) is 2.45. The van der Waals surface area contributed by atoms with E-state index in [1.165, 1.54) is 0 Å². The smallest absolute Gasteiger partial charge is 0.162 e. The van der Waals surface area contributed by atoms with E-state index < -0.39 is 0 Å². The standard InChI is InChI=1S/C22H24O3/c1-4-23-14-19-9-6-17(7-10-19)5-8-18-11-12-20-21(13-18)25-16-22(2,3)15-24-20/h6-7,9-13H,4,14-16H2,1-3H3. The number of benzene rings is 2. The highest BCUT2D eigenvalue weighted by Gasteiger charge is 2.25. The molecule has 2 aromatic carbocycles. The Bertz CT molecular complexity index is 779. The van der Waals surface area contributed by atoms with Gasteiger partial charge in [-0.25, -0.2) is 0 Å². The van der Waals surface area contributed by atoms with Crippen molar-refractivity contribution >= 4 is 0 Å². The van der Waals surface area contributed by atoms with Crippen molar-refractivity contribution in [2.24, 2.45) is 5.41 Å². The predicted molar refractivity (Wildman–Crippen MR) is 99.0 cm³/mol. The zero-order valence-electron chi connectivity index (χ0n) is 15.1. The monoisotopic (exact) mass is 336 g/mol. The van der Waals surface area contributed by atoms with Crippen LogP contribution >= 0.6 is 0 Å². The van der Waals surface area contributed by atoms with Gasteiger partial charge in [-0.15, -0.1) is 0 Å². The SMILES string of the molecule is CCOCc1ccc(C#Cc2ccc3c(c2)OCC(C)(C)CO3)cc1. The van der Waals surface area contributed by atoms with Gasteiger partial charge in [0.2, 0.25) is 0 Å². The maximum Gasteiger partial charge on any atom is 0.162 e. The molecule has 2 aromatic rings. The van der Waals surface area contributed by atoms with Crippen molar-refractivity contribution in [3.8, 4) is 23.3 Å². The second-order valence-electron chi connectivity index (χ2n) is 6.99. The van der Waals surface area contributed by atoms with Crippen LogP contribution in [0.25, 0.3) is 0 Å². The Morgan fingerprint density at radius 3 is 2.28 bits per heavy atom. The number of hydrogen-bond donors (Lipinski definition) is 0. The van der Waals surface area contributed by atoms with Gasteiger partial charge in [0.05, 0.1) is 19.8 Å². The molecule has 0 fully saturated rings. The molecule has 1 aliphatic rings.